The van der Waals surface area contributed by atoms with Crippen molar-refractivity contribution < 1.29 is 9.53 Å². The van der Waals surface area contributed by atoms with Gasteiger partial charge in [0.05, 0.1) is 18.2 Å². The number of carbonyl (C=O) groups excluding carboxylic acids is 1. The summed E-state index contributed by atoms with van der Waals surface area (Å²) in [5, 5.41) is 3.04. The summed E-state index contributed by atoms with van der Waals surface area (Å²) >= 11 is 0. The van der Waals surface area contributed by atoms with E-state index in [2.05, 4.69) is 17.1 Å². The topological polar surface area (TPSA) is 67.6 Å². The van der Waals surface area contributed by atoms with Crippen LogP contribution in [-0.2, 0) is 9.53 Å². The Bertz CT molecular complexity index is 294. The van der Waals surface area contributed by atoms with Crippen LogP contribution in [0.2, 0.25) is 0 Å². The molecule has 1 aliphatic heterocycles. The summed E-state index contributed by atoms with van der Waals surface area (Å²) in [4.78, 5) is 14.1. The first-order valence-electron chi connectivity index (χ1n) is 7.26. The van der Waals surface area contributed by atoms with Gasteiger partial charge in [-0.05, 0) is 27.2 Å². The Morgan fingerprint density at radius 2 is 2.26 bits per heavy atom. The molecule has 0 radical (unpaired) electrons. The number of morpholine rings is 1. The van der Waals surface area contributed by atoms with Crippen molar-refractivity contribution in [2.75, 3.05) is 26.2 Å². The first-order chi connectivity index (χ1) is 8.86. The number of nitrogens with one attached hydrogen (secondary N) is 1. The van der Waals surface area contributed by atoms with Crippen LogP contribution < -0.4 is 11.1 Å². The molecular formula is C14H29N3O2. The second-order valence-electron chi connectivity index (χ2n) is 6.16. The van der Waals surface area contributed by atoms with E-state index in [1.165, 1.54) is 0 Å². The molecule has 1 fully saturated rings. The first-order valence-corrected chi connectivity index (χ1v) is 7.26. The van der Waals surface area contributed by atoms with Crippen LogP contribution in [0.15, 0.2) is 0 Å². The third kappa shape index (κ3) is 5.89. The maximum absolute atomic E-state index is 12.0. The number of rotatable bonds is 6. The average Bonchev–Trinajstić information content (AvgIpc) is 2.26. The summed E-state index contributed by atoms with van der Waals surface area (Å²) in [6.45, 7) is 10.7. The number of hydrogen-bond donors (Lipinski definition) is 2. The van der Waals surface area contributed by atoms with Crippen molar-refractivity contribution in [3.8, 4) is 0 Å². The van der Waals surface area contributed by atoms with Gasteiger partial charge in [0.2, 0.25) is 5.91 Å². The molecule has 1 saturated heterocycles. The van der Waals surface area contributed by atoms with Gasteiger partial charge in [-0.25, -0.2) is 0 Å². The smallest absolute Gasteiger partial charge is 0.234 e. The fourth-order valence-electron chi connectivity index (χ4n) is 2.69. The van der Waals surface area contributed by atoms with Crippen LogP contribution in [0.1, 0.15) is 40.5 Å². The van der Waals surface area contributed by atoms with Gasteiger partial charge in [-0.15, -0.1) is 0 Å². The van der Waals surface area contributed by atoms with E-state index < -0.39 is 0 Å². The Morgan fingerprint density at radius 3 is 2.84 bits per heavy atom. The number of ether oxygens (including phenoxy) is 1. The summed E-state index contributed by atoms with van der Waals surface area (Å²) in [6.07, 6.45) is 2.12. The highest BCUT2D eigenvalue weighted by molar-refractivity contribution is 5.78. The fraction of sp³-hybridized carbons (Fsp3) is 0.929. The lowest BCUT2D eigenvalue weighted by Gasteiger charge is -2.42. The van der Waals surface area contributed by atoms with Crippen LogP contribution in [0, 0.1) is 0 Å². The van der Waals surface area contributed by atoms with Gasteiger partial charge in [0, 0.05) is 25.7 Å². The molecule has 0 spiro atoms. The van der Waals surface area contributed by atoms with E-state index in [1.807, 2.05) is 20.8 Å². The molecule has 0 aliphatic carbocycles. The van der Waals surface area contributed by atoms with Crippen molar-refractivity contribution in [1.29, 1.82) is 0 Å². The Balaban J connectivity index is 2.44. The number of nitrogens with two attached hydrogens (primary N) is 1. The minimum Gasteiger partial charge on any atom is -0.368 e. The molecule has 2 unspecified atom stereocenters. The molecule has 1 aliphatic rings. The molecule has 19 heavy (non-hydrogen) atoms. The predicted octanol–water partition coefficient (Wildman–Crippen LogP) is 0.729. The SMILES string of the molecule is CCCC(C)NC(=O)CN1CC(CN)OC(C)(C)C1. The molecule has 0 aromatic heterocycles. The first kappa shape index (κ1) is 16.4. The minimum absolute atomic E-state index is 0.0182. The third-order valence-corrected chi connectivity index (χ3v) is 3.31. The Hall–Kier alpha value is -0.650. The fourth-order valence-corrected chi connectivity index (χ4v) is 2.69. The Morgan fingerprint density at radius 1 is 1.58 bits per heavy atom. The number of amides is 1. The second kappa shape index (κ2) is 7.22. The lowest BCUT2D eigenvalue weighted by Crippen LogP contribution is -2.56. The van der Waals surface area contributed by atoms with E-state index in [1.54, 1.807) is 0 Å². The standard InChI is InChI=1S/C14H29N3O2/c1-5-6-11(2)16-13(18)9-17-8-12(7-15)19-14(3,4)10-17/h11-12H,5-10,15H2,1-4H3,(H,16,18). The van der Waals surface area contributed by atoms with Crippen LogP contribution in [-0.4, -0.2) is 54.7 Å². The molecule has 0 aromatic carbocycles. The summed E-state index contributed by atoms with van der Waals surface area (Å²) in [5.41, 5.74) is 5.45. The molecule has 3 N–H and O–H groups in total. The quantitative estimate of drug-likeness (QED) is 0.747. The van der Waals surface area contributed by atoms with Gasteiger partial charge in [-0.3, -0.25) is 9.69 Å². The van der Waals surface area contributed by atoms with Gasteiger partial charge in [0.15, 0.2) is 0 Å². The van der Waals surface area contributed by atoms with E-state index >= 15 is 0 Å². The Kier molecular flexibility index (Phi) is 6.23. The average molecular weight is 271 g/mol. The van der Waals surface area contributed by atoms with E-state index in [4.69, 9.17) is 10.5 Å². The molecule has 1 amide bonds. The third-order valence-electron chi connectivity index (χ3n) is 3.31. The Labute approximate surface area is 116 Å². The normalized spacial score (nSPS) is 25.0. The molecule has 112 valence electrons. The van der Waals surface area contributed by atoms with Crippen molar-refractivity contribution >= 4 is 5.91 Å². The molecule has 5 nitrogen and oxygen atoms in total. The zero-order chi connectivity index (χ0) is 14.5. The van der Waals surface area contributed by atoms with E-state index in [0.717, 1.165) is 25.9 Å². The molecular weight excluding hydrogens is 242 g/mol. The maximum Gasteiger partial charge on any atom is 0.234 e. The highest BCUT2D eigenvalue weighted by Crippen LogP contribution is 2.20. The molecule has 1 heterocycles. The highest BCUT2D eigenvalue weighted by Gasteiger charge is 2.33. The molecule has 5 heteroatoms. The molecule has 2 atom stereocenters. The predicted molar refractivity (Wildman–Crippen MR) is 77.0 cm³/mol. The second-order valence-corrected chi connectivity index (χ2v) is 6.16. The van der Waals surface area contributed by atoms with Crippen LogP contribution in [0.5, 0.6) is 0 Å². The molecule has 0 bridgehead atoms. The van der Waals surface area contributed by atoms with E-state index in [9.17, 15) is 4.79 Å². The number of hydrogen-bond acceptors (Lipinski definition) is 4. The molecule has 1 rings (SSSR count). The highest BCUT2D eigenvalue weighted by atomic mass is 16.5. The van der Waals surface area contributed by atoms with Crippen molar-refractivity contribution in [2.45, 2.75) is 58.3 Å². The van der Waals surface area contributed by atoms with Crippen molar-refractivity contribution in [3.63, 3.8) is 0 Å². The van der Waals surface area contributed by atoms with Gasteiger partial charge < -0.3 is 15.8 Å². The minimum atomic E-state index is -0.238. The zero-order valence-electron chi connectivity index (χ0n) is 12.7. The van der Waals surface area contributed by atoms with Gasteiger partial charge >= 0.3 is 0 Å². The molecule has 0 saturated carbocycles. The number of carbonyl (C=O) groups is 1. The van der Waals surface area contributed by atoms with Gasteiger partial charge in [0.1, 0.15) is 0 Å². The maximum atomic E-state index is 12.0. The van der Waals surface area contributed by atoms with Crippen LogP contribution in [0.3, 0.4) is 0 Å². The summed E-state index contributed by atoms with van der Waals surface area (Å²) in [5.74, 6) is 0.0921. The van der Waals surface area contributed by atoms with E-state index in [0.29, 0.717) is 13.1 Å². The number of nitrogens with zero attached hydrogens (tertiary/aromatic N) is 1. The van der Waals surface area contributed by atoms with Gasteiger partial charge in [0.25, 0.3) is 0 Å². The largest absolute Gasteiger partial charge is 0.368 e. The summed E-state index contributed by atoms with van der Waals surface area (Å²) in [7, 11) is 0. The monoisotopic (exact) mass is 271 g/mol. The molecule has 0 aromatic rings. The van der Waals surface area contributed by atoms with Crippen molar-refractivity contribution in [3.05, 3.63) is 0 Å². The lowest BCUT2D eigenvalue weighted by molar-refractivity contribution is -0.141. The van der Waals surface area contributed by atoms with Gasteiger partial charge in [-0.2, -0.15) is 0 Å². The van der Waals surface area contributed by atoms with Crippen molar-refractivity contribution in [2.24, 2.45) is 5.73 Å². The van der Waals surface area contributed by atoms with Crippen LogP contribution in [0.4, 0.5) is 0 Å². The summed E-state index contributed by atoms with van der Waals surface area (Å²) in [6, 6.07) is 0.247. The van der Waals surface area contributed by atoms with Gasteiger partial charge in [-0.1, -0.05) is 13.3 Å². The summed E-state index contributed by atoms with van der Waals surface area (Å²) < 4.78 is 5.86. The van der Waals surface area contributed by atoms with Crippen LogP contribution >= 0.6 is 0 Å². The van der Waals surface area contributed by atoms with E-state index in [-0.39, 0.29) is 23.7 Å². The lowest BCUT2D eigenvalue weighted by atomic mass is 10.1. The zero-order valence-corrected chi connectivity index (χ0v) is 12.7. The van der Waals surface area contributed by atoms with Crippen molar-refractivity contribution in [1.82, 2.24) is 10.2 Å². The van der Waals surface area contributed by atoms with Crippen LogP contribution in [0.25, 0.3) is 0 Å².